The monoisotopic (exact) mass is 310 g/mol. The Morgan fingerprint density at radius 1 is 1.28 bits per heavy atom. The summed E-state index contributed by atoms with van der Waals surface area (Å²) in [7, 11) is 0. The van der Waals surface area contributed by atoms with Gasteiger partial charge >= 0.3 is 0 Å². The minimum atomic E-state index is -0.277. The van der Waals surface area contributed by atoms with Crippen molar-refractivity contribution in [2.24, 2.45) is 0 Å². The van der Waals surface area contributed by atoms with Crippen LogP contribution in [0.3, 0.4) is 0 Å². The van der Waals surface area contributed by atoms with E-state index in [0.29, 0.717) is 10.4 Å². The van der Waals surface area contributed by atoms with Gasteiger partial charge in [0.2, 0.25) is 0 Å². The summed E-state index contributed by atoms with van der Waals surface area (Å²) in [5.41, 5.74) is 0.781. The third-order valence-corrected chi connectivity index (χ3v) is 3.99. The molecule has 1 heterocycles. The van der Waals surface area contributed by atoms with Crippen LogP contribution in [0.25, 0.3) is 5.69 Å². The van der Waals surface area contributed by atoms with Crippen LogP contribution in [-0.2, 0) is 0 Å². The van der Waals surface area contributed by atoms with Gasteiger partial charge in [-0.3, -0.25) is 0 Å². The van der Waals surface area contributed by atoms with Crippen molar-refractivity contribution < 1.29 is 4.39 Å². The second-order valence-corrected chi connectivity index (χ2v) is 5.38. The molecule has 0 saturated heterocycles. The summed E-state index contributed by atoms with van der Waals surface area (Å²) in [5, 5.41) is 11.9. The first-order valence-electron chi connectivity index (χ1n) is 5.99. The molecule has 4 nitrogen and oxygen atoms in total. The highest BCUT2D eigenvalue weighted by Crippen LogP contribution is 2.34. The van der Waals surface area contributed by atoms with Gasteiger partial charge in [-0.2, -0.15) is 4.68 Å². The van der Waals surface area contributed by atoms with Crippen LogP contribution in [0.1, 0.15) is 37.4 Å². The normalized spacial score (nSPS) is 16.3. The summed E-state index contributed by atoms with van der Waals surface area (Å²) in [6.07, 6.45) is 4.70. The van der Waals surface area contributed by atoms with Gasteiger partial charge in [-0.25, -0.2) is 4.39 Å². The van der Waals surface area contributed by atoms with Crippen LogP contribution in [0.5, 0.6) is 0 Å². The molecule has 0 radical (unpaired) electrons. The quantitative estimate of drug-likeness (QED) is 0.855. The van der Waals surface area contributed by atoms with E-state index in [-0.39, 0.29) is 5.82 Å². The van der Waals surface area contributed by atoms with Crippen LogP contribution in [0, 0.1) is 5.82 Å². The van der Waals surface area contributed by atoms with Crippen LogP contribution in [0.4, 0.5) is 4.39 Å². The third kappa shape index (κ3) is 2.05. The summed E-state index contributed by atoms with van der Waals surface area (Å²) in [4.78, 5) is 0. The van der Waals surface area contributed by atoms with E-state index in [2.05, 4.69) is 31.5 Å². The van der Waals surface area contributed by atoms with Crippen LogP contribution in [0.2, 0.25) is 0 Å². The van der Waals surface area contributed by atoms with E-state index in [1.165, 1.54) is 25.0 Å². The van der Waals surface area contributed by atoms with Gasteiger partial charge in [0.25, 0.3) is 0 Å². The molecule has 1 aliphatic rings. The molecule has 18 heavy (non-hydrogen) atoms. The van der Waals surface area contributed by atoms with Crippen LogP contribution in [-0.4, -0.2) is 20.2 Å². The molecule has 0 aliphatic heterocycles. The second-order valence-electron chi connectivity index (χ2n) is 4.53. The zero-order valence-electron chi connectivity index (χ0n) is 9.68. The predicted molar refractivity (Wildman–Crippen MR) is 68.0 cm³/mol. The Labute approximate surface area is 112 Å². The third-order valence-electron chi connectivity index (χ3n) is 3.35. The summed E-state index contributed by atoms with van der Waals surface area (Å²) < 4.78 is 15.5. The molecule has 94 valence electrons. The Balaban J connectivity index is 2.03. The molecule has 1 aromatic carbocycles. The Morgan fingerprint density at radius 2 is 2.06 bits per heavy atom. The van der Waals surface area contributed by atoms with Crippen LogP contribution < -0.4 is 0 Å². The number of aromatic nitrogens is 4. The molecular weight excluding hydrogens is 299 g/mol. The average molecular weight is 311 g/mol. The number of hydrogen-bond acceptors (Lipinski definition) is 3. The van der Waals surface area contributed by atoms with Crippen molar-refractivity contribution in [3.63, 3.8) is 0 Å². The molecule has 1 saturated carbocycles. The lowest BCUT2D eigenvalue weighted by atomic mass is 10.1. The highest BCUT2D eigenvalue weighted by atomic mass is 79.9. The number of benzene rings is 1. The second kappa shape index (κ2) is 4.76. The zero-order chi connectivity index (χ0) is 12.5. The van der Waals surface area contributed by atoms with Gasteiger partial charge in [0.15, 0.2) is 5.82 Å². The van der Waals surface area contributed by atoms with Gasteiger partial charge < -0.3 is 0 Å². The highest BCUT2D eigenvalue weighted by Gasteiger charge is 2.24. The molecule has 0 amide bonds. The molecule has 0 bridgehead atoms. The fourth-order valence-corrected chi connectivity index (χ4v) is 2.98. The first-order valence-corrected chi connectivity index (χ1v) is 6.78. The first-order chi connectivity index (χ1) is 8.75. The lowest BCUT2D eigenvalue weighted by molar-refractivity contribution is 0.620. The van der Waals surface area contributed by atoms with Crippen molar-refractivity contribution in [1.29, 1.82) is 0 Å². The van der Waals surface area contributed by atoms with Crippen LogP contribution in [0.15, 0.2) is 22.7 Å². The molecule has 1 fully saturated rings. The molecule has 0 unspecified atom stereocenters. The van der Waals surface area contributed by atoms with Gasteiger partial charge in [0.05, 0.1) is 5.69 Å². The van der Waals surface area contributed by atoms with Gasteiger partial charge in [-0.1, -0.05) is 12.8 Å². The molecule has 2 aromatic rings. The maximum Gasteiger partial charge on any atom is 0.159 e. The zero-order valence-corrected chi connectivity index (χ0v) is 11.3. The number of tetrazole rings is 1. The van der Waals surface area contributed by atoms with Gasteiger partial charge in [-0.15, -0.1) is 5.10 Å². The van der Waals surface area contributed by atoms with Crippen molar-refractivity contribution in [2.45, 2.75) is 31.6 Å². The Hall–Kier alpha value is -1.30. The van der Waals surface area contributed by atoms with Gasteiger partial charge in [0, 0.05) is 10.4 Å². The van der Waals surface area contributed by atoms with Gasteiger partial charge in [-0.05, 0) is 57.4 Å². The maximum absolute atomic E-state index is 13.1. The number of hydrogen-bond donors (Lipinski definition) is 0. The van der Waals surface area contributed by atoms with Crippen molar-refractivity contribution in [3.8, 4) is 5.69 Å². The molecule has 0 spiro atoms. The minimum Gasteiger partial charge on any atom is -0.207 e. The van der Waals surface area contributed by atoms with Crippen molar-refractivity contribution >= 4 is 15.9 Å². The highest BCUT2D eigenvalue weighted by molar-refractivity contribution is 9.10. The van der Waals surface area contributed by atoms with E-state index >= 15 is 0 Å². The SMILES string of the molecule is Fc1ccc(-n2nnnc2C2CCCC2)c(Br)c1. The number of rotatable bonds is 2. The lowest BCUT2D eigenvalue weighted by Crippen LogP contribution is -2.07. The number of nitrogens with zero attached hydrogens (tertiary/aromatic N) is 4. The van der Waals surface area contributed by atoms with Crippen molar-refractivity contribution in [2.75, 3.05) is 0 Å². The van der Waals surface area contributed by atoms with E-state index in [1.54, 1.807) is 10.7 Å². The van der Waals surface area contributed by atoms with Crippen molar-refractivity contribution in [1.82, 2.24) is 20.2 Å². The van der Waals surface area contributed by atoms with E-state index in [4.69, 9.17) is 0 Å². The summed E-state index contributed by atoms with van der Waals surface area (Å²) >= 11 is 3.35. The van der Waals surface area contributed by atoms with E-state index in [1.807, 2.05) is 0 Å². The predicted octanol–water partition coefficient (Wildman–Crippen LogP) is 3.22. The van der Waals surface area contributed by atoms with E-state index in [0.717, 1.165) is 24.4 Å². The fraction of sp³-hybridized carbons (Fsp3) is 0.417. The minimum absolute atomic E-state index is 0.277. The number of halogens is 2. The lowest BCUT2D eigenvalue weighted by Gasteiger charge is -2.10. The summed E-state index contributed by atoms with van der Waals surface area (Å²) in [6.45, 7) is 0. The molecule has 0 N–H and O–H groups in total. The smallest absolute Gasteiger partial charge is 0.159 e. The summed E-state index contributed by atoms with van der Waals surface area (Å²) in [6, 6.07) is 4.53. The molecule has 0 atom stereocenters. The first kappa shape index (κ1) is 11.8. The molecular formula is C12H12BrFN4. The Kier molecular flexibility index (Phi) is 3.11. The largest absolute Gasteiger partial charge is 0.207 e. The maximum atomic E-state index is 13.1. The van der Waals surface area contributed by atoms with Crippen molar-refractivity contribution in [3.05, 3.63) is 34.3 Å². The summed E-state index contributed by atoms with van der Waals surface area (Å²) in [5.74, 6) is 1.01. The molecule has 1 aromatic heterocycles. The molecule has 6 heteroatoms. The average Bonchev–Trinajstić information content (AvgIpc) is 2.98. The topological polar surface area (TPSA) is 43.6 Å². The molecule has 3 rings (SSSR count). The van der Waals surface area contributed by atoms with Gasteiger partial charge in [0.1, 0.15) is 5.82 Å². The van der Waals surface area contributed by atoms with E-state index < -0.39 is 0 Å². The Morgan fingerprint density at radius 3 is 2.78 bits per heavy atom. The fourth-order valence-electron chi connectivity index (χ4n) is 2.46. The van der Waals surface area contributed by atoms with Crippen LogP contribution >= 0.6 is 15.9 Å². The standard InChI is InChI=1S/C12H12BrFN4/c13-10-7-9(14)5-6-11(10)18-12(15-16-17-18)8-3-1-2-4-8/h5-8H,1-4H2. The van der Waals surface area contributed by atoms with E-state index in [9.17, 15) is 4.39 Å². The molecule has 1 aliphatic carbocycles. The Bertz CT molecular complexity index is 563.